The number of rotatable bonds is 7. The lowest BCUT2D eigenvalue weighted by Gasteiger charge is -2.19. The number of anilines is 1. The molecule has 0 saturated heterocycles. The highest BCUT2D eigenvalue weighted by atomic mass is 16.5. The Morgan fingerprint density at radius 1 is 1.09 bits per heavy atom. The molecule has 22 heavy (non-hydrogen) atoms. The maximum absolute atomic E-state index is 11.1. The molecule has 0 saturated carbocycles. The highest BCUT2D eigenvalue weighted by Crippen LogP contribution is 2.24. The smallest absolute Gasteiger partial charge is 0.134 e. The van der Waals surface area contributed by atoms with E-state index >= 15 is 0 Å². The van der Waals surface area contributed by atoms with Crippen LogP contribution in [0.3, 0.4) is 0 Å². The van der Waals surface area contributed by atoms with Crippen LogP contribution in [-0.4, -0.2) is 12.9 Å². The summed E-state index contributed by atoms with van der Waals surface area (Å²) in [4.78, 5) is 11.1. The van der Waals surface area contributed by atoms with E-state index < -0.39 is 0 Å². The van der Waals surface area contributed by atoms with Gasteiger partial charge >= 0.3 is 0 Å². The van der Waals surface area contributed by atoms with Crippen molar-refractivity contribution in [2.75, 3.05) is 12.4 Å². The summed E-state index contributed by atoms with van der Waals surface area (Å²) >= 11 is 0. The summed E-state index contributed by atoms with van der Waals surface area (Å²) in [6.45, 7) is 3.77. The first-order valence-corrected chi connectivity index (χ1v) is 7.61. The highest BCUT2D eigenvalue weighted by molar-refractivity contribution is 5.78. The Bertz CT molecular complexity index is 602. The number of nitrogens with one attached hydrogen (secondary N) is 1. The minimum Gasteiger partial charge on any atom is -0.497 e. The molecule has 1 N–H and O–H groups in total. The molecule has 3 heteroatoms. The van der Waals surface area contributed by atoms with Crippen molar-refractivity contribution in [3.8, 4) is 5.75 Å². The molecule has 2 rings (SSSR count). The maximum atomic E-state index is 11.1. The van der Waals surface area contributed by atoms with Crippen molar-refractivity contribution in [2.24, 2.45) is 0 Å². The van der Waals surface area contributed by atoms with Gasteiger partial charge in [0.1, 0.15) is 11.5 Å². The van der Waals surface area contributed by atoms with Crippen LogP contribution in [0, 0.1) is 0 Å². The summed E-state index contributed by atoms with van der Waals surface area (Å²) < 4.78 is 5.20. The van der Waals surface area contributed by atoms with Gasteiger partial charge in [0.05, 0.1) is 13.2 Å². The summed E-state index contributed by atoms with van der Waals surface area (Å²) in [5.41, 5.74) is 3.35. The van der Waals surface area contributed by atoms with Gasteiger partial charge in [0.2, 0.25) is 0 Å². The van der Waals surface area contributed by atoms with E-state index in [1.54, 1.807) is 14.0 Å². The van der Waals surface area contributed by atoms with Crippen molar-refractivity contribution in [1.29, 1.82) is 0 Å². The van der Waals surface area contributed by atoms with Crippen LogP contribution in [0.4, 0.5) is 5.69 Å². The topological polar surface area (TPSA) is 38.3 Å². The SMILES string of the molecule is CC[C@H](Nc1ccc(CC(C)=O)cc1)c1ccc(OC)cc1. The van der Waals surface area contributed by atoms with Crippen LogP contribution < -0.4 is 10.1 Å². The van der Waals surface area contributed by atoms with E-state index in [9.17, 15) is 4.79 Å². The molecule has 2 aromatic carbocycles. The third-order valence-electron chi connectivity index (χ3n) is 3.67. The minimum atomic E-state index is 0.186. The Morgan fingerprint density at radius 2 is 1.73 bits per heavy atom. The van der Waals surface area contributed by atoms with Crippen molar-refractivity contribution in [3.05, 3.63) is 59.7 Å². The summed E-state index contributed by atoms with van der Waals surface area (Å²) in [6, 6.07) is 16.5. The zero-order chi connectivity index (χ0) is 15.9. The standard InChI is InChI=1S/C19H23NO2/c1-4-19(16-7-11-18(22-3)12-8-16)20-17-9-5-15(6-10-17)13-14(2)21/h5-12,19-20H,4,13H2,1-3H3/t19-/m0/s1. The molecule has 0 bridgehead atoms. The summed E-state index contributed by atoms with van der Waals surface area (Å²) in [5.74, 6) is 1.05. The number of carbonyl (C=O) groups is 1. The Morgan fingerprint density at radius 3 is 2.23 bits per heavy atom. The molecule has 0 aliphatic carbocycles. The molecular weight excluding hydrogens is 274 g/mol. The minimum absolute atomic E-state index is 0.186. The summed E-state index contributed by atoms with van der Waals surface area (Å²) in [5, 5.41) is 3.54. The Kier molecular flexibility index (Phi) is 5.59. The van der Waals surface area contributed by atoms with Crippen molar-refractivity contribution < 1.29 is 9.53 Å². The molecule has 0 unspecified atom stereocenters. The van der Waals surface area contributed by atoms with Crippen molar-refractivity contribution in [2.45, 2.75) is 32.7 Å². The zero-order valence-corrected chi connectivity index (χ0v) is 13.4. The average molecular weight is 297 g/mol. The van der Waals surface area contributed by atoms with Gasteiger partial charge in [0.15, 0.2) is 0 Å². The molecule has 0 aromatic heterocycles. The van der Waals surface area contributed by atoms with Crippen LogP contribution in [-0.2, 0) is 11.2 Å². The number of ketones is 1. The molecule has 116 valence electrons. The van der Waals surface area contributed by atoms with Gasteiger partial charge in [-0.2, -0.15) is 0 Å². The molecule has 1 atom stereocenters. The summed E-state index contributed by atoms with van der Waals surface area (Å²) in [7, 11) is 1.67. The molecule has 0 aliphatic heterocycles. The van der Waals surface area contributed by atoms with Crippen LogP contribution in [0.5, 0.6) is 5.75 Å². The van der Waals surface area contributed by atoms with Crippen LogP contribution >= 0.6 is 0 Å². The summed E-state index contributed by atoms with van der Waals surface area (Å²) in [6.07, 6.45) is 1.48. The van der Waals surface area contributed by atoms with Crippen LogP contribution in [0.2, 0.25) is 0 Å². The molecule has 0 amide bonds. The molecule has 0 radical (unpaired) electrons. The third-order valence-corrected chi connectivity index (χ3v) is 3.67. The van der Waals surface area contributed by atoms with E-state index in [1.165, 1.54) is 5.56 Å². The van der Waals surface area contributed by atoms with Gasteiger partial charge in [-0.15, -0.1) is 0 Å². The van der Waals surface area contributed by atoms with Gasteiger partial charge in [-0.1, -0.05) is 31.2 Å². The number of methoxy groups -OCH3 is 1. The first-order chi connectivity index (χ1) is 10.6. The predicted octanol–water partition coefficient (Wildman–Crippen LogP) is 4.39. The predicted molar refractivity (Wildman–Crippen MR) is 90.5 cm³/mol. The quantitative estimate of drug-likeness (QED) is 0.823. The molecule has 0 heterocycles. The van der Waals surface area contributed by atoms with E-state index in [2.05, 4.69) is 24.4 Å². The Balaban J connectivity index is 2.07. The van der Waals surface area contributed by atoms with Gasteiger partial charge in [-0.3, -0.25) is 4.79 Å². The van der Waals surface area contributed by atoms with Gasteiger partial charge < -0.3 is 10.1 Å². The number of benzene rings is 2. The lowest BCUT2D eigenvalue weighted by atomic mass is 10.0. The van der Waals surface area contributed by atoms with Crippen molar-refractivity contribution in [1.82, 2.24) is 0 Å². The van der Waals surface area contributed by atoms with Crippen LogP contribution in [0.25, 0.3) is 0 Å². The molecule has 3 nitrogen and oxygen atoms in total. The highest BCUT2D eigenvalue weighted by Gasteiger charge is 2.09. The number of carbonyl (C=O) groups excluding carboxylic acids is 1. The fourth-order valence-electron chi connectivity index (χ4n) is 2.46. The number of Topliss-reactive ketones (excluding diaryl/α,β-unsaturated/α-hetero) is 1. The maximum Gasteiger partial charge on any atom is 0.134 e. The Hall–Kier alpha value is -2.29. The van der Waals surface area contributed by atoms with Gasteiger partial charge in [-0.05, 0) is 48.7 Å². The molecule has 2 aromatic rings. The van der Waals surface area contributed by atoms with Crippen LogP contribution in [0.15, 0.2) is 48.5 Å². The van der Waals surface area contributed by atoms with Crippen molar-refractivity contribution >= 4 is 11.5 Å². The molecule has 0 spiro atoms. The first-order valence-electron chi connectivity index (χ1n) is 7.61. The number of hydrogen-bond acceptors (Lipinski definition) is 3. The first kappa shape index (κ1) is 16.1. The monoisotopic (exact) mass is 297 g/mol. The third kappa shape index (κ3) is 4.35. The van der Waals surface area contributed by atoms with Gasteiger partial charge in [0, 0.05) is 12.1 Å². The number of ether oxygens (including phenoxy) is 1. The fourth-order valence-corrected chi connectivity index (χ4v) is 2.46. The lowest BCUT2D eigenvalue weighted by molar-refractivity contribution is -0.116. The Labute approximate surface area is 132 Å². The van der Waals surface area contributed by atoms with Gasteiger partial charge in [0.25, 0.3) is 0 Å². The second-order valence-electron chi connectivity index (χ2n) is 5.45. The molecule has 0 fully saturated rings. The van der Waals surface area contributed by atoms with Crippen molar-refractivity contribution in [3.63, 3.8) is 0 Å². The zero-order valence-electron chi connectivity index (χ0n) is 13.4. The second kappa shape index (κ2) is 7.64. The van der Waals surface area contributed by atoms with E-state index in [1.807, 2.05) is 36.4 Å². The van der Waals surface area contributed by atoms with E-state index in [-0.39, 0.29) is 11.8 Å². The average Bonchev–Trinajstić information content (AvgIpc) is 2.54. The van der Waals surface area contributed by atoms with E-state index in [0.29, 0.717) is 6.42 Å². The van der Waals surface area contributed by atoms with Gasteiger partial charge in [-0.25, -0.2) is 0 Å². The molecule has 0 aliphatic rings. The fraction of sp³-hybridized carbons (Fsp3) is 0.316. The lowest BCUT2D eigenvalue weighted by Crippen LogP contribution is -2.09. The largest absolute Gasteiger partial charge is 0.497 e. The second-order valence-corrected chi connectivity index (χ2v) is 5.45. The van der Waals surface area contributed by atoms with E-state index in [0.717, 1.165) is 23.4 Å². The van der Waals surface area contributed by atoms with Crippen LogP contribution in [0.1, 0.15) is 37.4 Å². The van der Waals surface area contributed by atoms with E-state index in [4.69, 9.17) is 4.74 Å². The normalized spacial score (nSPS) is 11.8. The molecular formula is C19H23NO2. The number of hydrogen-bond donors (Lipinski definition) is 1.